The van der Waals surface area contributed by atoms with Crippen molar-refractivity contribution in [3.05, 3.63) is 12.2 Å². The molecule has 0 spiro atoms. The Morgan fingerprint density at radius 3 is 2.45 bits per heavy atom. The second-order valence-electron chi connectivity index (χ2n) is 2.75. The van der Waals surface area contributed by atoms with Crippen LogP contribution in [-0.2, 0) is 4.74 Å². The number of allylic oxidation sites excluding steroid dienone is 1. The molecular formula is C10H20O. The molecular weight excluding hydrogens is 136 g/mol. The molecule has 0 N–H and O–H groups in total. The fourth-order valence-corrected chi connectivity index (χ4v) is 0.934. The van der Waals surface area contributed by atoms with Gasteiger partial charge in [0.05, 0.1) is 0 Å². The van der Waals surface area contributed by atoms with Gasteiger partial charge in [0.1, 0.15) is 0 Å². The van der Waals surface area contributed by atoms with Crippen LogP contribution in [0.15, 0.2) is 12.2 Å². The number of unbranched alkanes of at least 4 members (excludes halogenated alkanes) is 3. The van der Waals surface area contributed by atoms with Gasteiger partial charge >= 0.3 is 0 Å². The average molecular weight is 156 g/mol. The first-order chi connectivity index (χ1) is 5.41. The summed E-state index contributed by atoms with van der Waals surface area (Å²) in [6, 6.07) is 0. The number of methoxy groups -OCH3 is 1. The van der Waals surface area contributed by atoms with Gasteiger partial charge in [0.25, 0.3) is 0 Å². The molecule has 0 aromatic rings. The third kappa shape index (κ3) is 9.70. The van der Waals surface area contributed by atoms with Crippen molar-refractivity contribution in [2.24, 2.45) is 0 Å². The van der Waals surface area contributed by atoms with Crippen LogP contribution in [0.25, 0.3) is 0 Å². The van der Waals surface area contributed by atoms with Crippen LogP contribution in [0.5, 0.6) is 0 Å². The topological polar surface area (TPSA) is 9.23 Å². The third-order valence-corrected chi connectivity index (χ3v) is 1.63. The molecule has 1 nitrogen and oxygen atoms in total. The minimum Gasteiger partial charge on any atom is -0.384 e. The summed E-state index contributed by atoms with van der Waals surface area (Å²) in [6.45, 7) is 3.08. The SMILES string of the molecule is CCCCCC=CCCOC. The van der Waals surface area contributed by atoms with Crippen LogP contribution in [0.3, 0.4) is 0 Å². The van der Waals surface area contributed by atoms with Crippen molar-refractivity contribution < 1.29 is 4.74 Å². The van der Waals surface area contributed by atoms with E-state index in [2.05, 4.69) is 19.1 Å². The van der Waals surface area contributed by atoms with Gasteiger partial charge in [-0.15, -0.1) is 0 Å². The molecule has 0 radical (unpaired) electrons. The predicted octanol–water partition coefficient (Wildman–Crippen LogP) is 3.16. The third-order valence-electron chi connectivity index (χ3n) is 1.63. The Morgan fingerprint density at radius 2 is 1.82 bits per heavy atom. The van der Waals surface area contributed by atoms with E-state index < -0.39 is 0 Å². The Morgan fingerprint density at radius 1 is 1.09 bits per heavy atom. The summed E-state index contributed by atoms with van der Waals surface area (Å²) in [4.78, 5) is 0. The van der Waals surface area contributed by atoms with Gasteiger partial charge in [0.2, 0.25) is 0 Å². The van der Waals surface area contributed by atoms with Crippen LogP contribution in [0.2, 0.25) is 0 Å². The summed E-state index contributed by atoms with van der Waals surface area (Å²) in [5.74, 6) is 0. The van der Waals surface area contributed by atoms with E-state index in [1.54, 1.807) is 7.11 Å². The van der Waals surface area contributed by atoms with Crippen molar-refractivity contribution in [2.45, 2.75) is 39.0 Å². The summed E-state index contributed by atoms with van der Waals surface area (Å²) in [5, 5.41) is 0. The maximum atomic E-state index is 4.92. The fraction of sp³-hybridized carbons (Fsp3) is 0.800. The largest absolute Gasteiger partial charge is 0.384 e. The molecule has 0 rings (SSSR count). The van der Waals surface area contributed by atoms with Crippen molar-refractivity contribution in [1.29, 1.82) is 0 Å². The van der Waals surface area contributed by atoms with E-state index in [0.29, 0.717) is 0 Å². The molecule has 0 saturated carbocycles. The Balaban J connectivity index is 2.91. The second kappa shape index (κ2) is 9.70. The zero-order valence-electron chi connectivity index (χ0n) is 7.81. The molecule has 66 valence electrons. The van der Waals surface area contributed by atoms with Crippen LogP contribution < -0.4 is 0 Å². The quantitative estimate of drug-likeness (QED) is 0.406. The molecule has 0 aliphatic rings. The lowest BCUT2D eigenvalue weighted by Crippen LogP contribution is -1.83. The van der Waals surface area contributed by atoms with E-state index in [4.69, 9.17) is 4.74 Å². The summed E-state index contributed by atoms with van der Waals surface area (Å²) in [6.07, 6.45) is 10.8. The van der Waals surface area contributed by atoms with Gasteiger partial charge in [-0.1, -0.05) is 31.9 Å². The molecule has 0 atom stereocenters. The van der Waals surface area contributed by atoms with Crippen molar-refractivity contribution in [2.75, 3.05) is 13.7 Å². The molecule has 0 fully saturated rings. The van der Waals surface area contributed by atoms with Gasteiger partial charge in [0.15, 0.2) is 0 Å². The highest BCUT2D eigenvalue weighted by molar-refractivity contribution is 4.80. The molecule has 0 aliphatic carbocycles. The zero-order valence-corrected chi connectivity index (χ0v) is 7.81. The molecule has 11 heavy (non-hydrogen) atoms. The van der Waals surface area contributed by atoms with Crippen LogP contribution in [-0.4, -0.2) is 13.7 Å². The Bertz CT molecular complexity index is 86.9. The van der Waals surface area contributed by atoms with E-state index in [1.165, 1.54) is 25.7 Å². The van der Waals surface area contributed by atoms with Crippen LogP contribution in [0, 0.1) is 0 Å². The molecule has 0 aromatic heterocycles. The first-order valence-corrected chi connectivity index (χ1v) is 4.55. The molecule has 1 heteroatoms. The number of ether oxygens (including phenoxy) is 1. The number of hydrogen-bond acceptors (Lipinski definition) is 1. The summed E-state index contributed by atoms with van der Waals surface area (Å²) < 4.78 is 4.92. The lowest BCUT2D eigenvalue weighted by atomic mass is 10.2. The molecule has 0 amide bonds. The standard InChI is InChI=1S/C10H20O/c1-3-4-5-6-7-8-9-10-11-2/h7-8H,3-6,9-10H2,1-2H3. The Hall–Kier alpha value is -0.300. The van der Waals surface area contributed by atoms with Gasteiger partial charge < -0.3 is 4.74 Å². The van der Waals surface area contributed by atoms with E-state index >= 15 is 0 Å². The van der Waals surface area contributed by atoms with Crippen molar-refractivity contribution >= 4 is 0 Å². The minimum atomic E-state index is 0.851. The van der Waals surface area contributed by atoms with Gasteiger partial charge in [-0.25, -0.2) is 0 Å². The van der Waals surface area contributed by atoms with Crippen molar-refractivity contribution in [3.63, 3.8) is 0 Å². The van der Waals surface area contributed by atoms with Gasteiger partial charge in [-0.05, 0) is 19.3 Å². The summed E-state index contributed by atoms with van der Waals surface area (Å²) in [5.41, 5.74) is 0. The molecule has 0 aliphatic heterocycles. The van der Waals surface area contributed by atoms with Crippen molar-refractivity contribution in [1.82, 2.24) is 0 Å². The van der Waals surface area contributed by atoms with E-state index in [0.717, 1.165) is 13.0 Å². The molecule has 0 bridgehead atoms. The minimum absolute atomic E-state index is 0.851. The van der Waals surface area contributed by atoms with Crippen LogP contribution >= 0.6 is 0 Å². The summed E-state index contributed by atoms with van der Waals surface area (Å²) in [7, 11) is 1.74. The van der Waals surface area contributed by atoms with Gasteiger partial charge in [-0.2, -0.15) is 0 Å². The Labute approximate surface area is 70.4 Å². The highest BCUT2D eigenvalue weighted by Crippen LogP contribution is 1.99. The Kier molecular flexibility index (Phi) is 9.44. The summed E-state index contributed by atoms with van der Waals surface area (Å²) >= 11 is 0. The number of rotatable bonds is 7. The van der Waals surface area contributed by atoms with Gasteiger partial charge in [-0.3, -0.25) is 0 Å². The van der Waals surface area contributed by atoms with E-state index in [1.807, 2.05) is 0 Å². The molecule has 0 aromatic carbocycles. The first-order valence-electron chi connectivity index (χ1n) is 4.55. The molecule has 0 saturated heterocycles. The lowest BCUT2D eigenvalue weighted by Gasteiger charge is -1.92. The molecule has 0 unspecified atom stereocenters. The monoisotopic (exact) mass is 156 g/mol. The first kappa shape index (κ1) is 10.7. The van der Waals surface area contributed by atoms with Crippen molar-refractivity contribution in [3.8, 4) is 0 Å². The van der Waals surface area contributed by atoms with Crippen LogP contribution in [0.4, 0.5) is 0 Å². The highest BCUT2D eigenvalue weighted by Gasteiger charge is 1.81. The lowest BCUT2D eigenvalue weighted by molar-refractivity contribution is 0.204. The fourth-order valence-electron chi connectivity index (χ4n) is 0.934. The van der Waals surface area contributed by atoms with Crippen LogP contribution in [0.1, 0.15) is 39.0 Å². The zero-order chi connectivity index (χ0) is 8.36. The van der Waals surface area contributed by atoms with E-state index in [-0.39, 0.29) is 0 Å². The smallest absolute Gasteiger partial charge is 0.0496 e. The second-order valence-corrected chi connectivity index (χ2v) is 2.75. The van der Waals surface area contributed by atoms with Gasteiger partial charge in [0, 0.05) is 13.7 Å². The highest BCUT2D eigenvalue weighted by atomic mass is 16.5. The van der Waals surface area contributed by atoms with E-state index in [9.17, 15) is 0 Å². The normalized spacial score (nSPS) is 11.1. The number of hydrogen-bond donors (Lipinski definition) is 0. The maximum Gasteiger partial charge on any atom is 0.0496 e. The predicted molar refractivity (Wildman–Crippen MR) is 49.8 cm³/mol. The average Bonchev–Trinajstić information content (AvgIpc) is 2.03. The maximum absolute atomic E-state index is 4.92. The molecule has 0 heterocycles.